The Kier molecular flexibility index (Phi) is 4.46. The van der Waals surface area contributed by atoms with Crippen molar-refractivity contribution >= 4 is 16.7 Å². The van der Waals surface area contributed by atoms with Gasteiger partial charge in [-0.05, 0) is 18.9 Å². The van der Waals surface area contributed by atoms with Gasteiger partial charge in [0.1, 0.15) is 0 Å². The molecule has 122 valence electrons. The second-order valence-corrected chi connectivity index (χ2v) is 6.55. The van der Waals surface area contributed by atoms with Crippen molar-refractivity contribution in [1.82, 2.24) is 15.1 Å². The maximum Gasteiger partial charge on any atom is 0.274 e. The molecule has 0 unspecified atom stereocenters. The maximum absolute atomic E-state index is 12.7. The summed E-state index contributed by atoms with van der Waals surface area (Å²) in [5, 5.41) is 9.03. The Morgan fingerprint density at radius 1 is 1.26 bits per heavy atom. The van der Waals surface area contributed by atoms with Crippen LogP contribution < -0.4 is 10.9 Å². The van der Waals surface area contributed by atoms with Crippen LogP contribution in [0.1, 0.15) is 51.3 Å². The van der Waals surface area contributed by atoms with Gasteiger partial charge in [0.2, 0.25) is 5.91 Å². The number of hydrogen-bond donors (Lipinski definition) is 1. The van der Waals surface area contributed by atoms with Gasteiger partial charge in [0.15, 0.2) is 0 Å². The van der Waals surface area contributed by atoms with Gasteiger partial charge in [-0.15, -0.1) is 0 Å². The van der Waals surface area contributed by atoms with Crippen molar-refractivity contribution in [1.29, 1.82) is 0 Å². The van der Waals surface area contributed by atoms with Gasteiger partial charge in [0, 0.05) is 11.3 Å². The van der Waals surface area contributed by atoms with Gasteiger partial charge in [-0.1, -0.05) is 44.9 Å². The molecule has 1 fully saturated rings. The lowest BCUT2D eigenvalue weighted by atomic mass is 10.1. The van der Waals surface area contributed by atoms with Crippen LogP contribution in [0.25, 0.3) is 10.8 Å². The van der Waals surface area contributed by atoms with Crippen LogP contribution in [0.3, 0.4) is 0 Å². The SMILES string of the molecule is CC(C)C(=O)NCc1nn(C2CCCC2)c(=O)c2ccccc12. The summed E-state index contributed by atoms with van der Waals surface area (Å²) < 4.78 is 1.65. The summed E-state index contributed by atoms with van der Waals surface area (Å²) in [6.45, 7) is 4.07. The minimum atomic E-state index is -0.0676. The topological polar surface area (TPSA) is 64.0 Å². The van der Waals surface area contributed by atoms with Gasteiger partial charge in [0.05, 0.1) is 23.7 Å². The van der Waals surface area contributed by atoms with E-state index in [1.54, 1.807) is 4.68 Å². The lowest BCUT2D eigenvalue weighted by Crippen LogP contribution is -2.31. The molecule has 1 saturated carbocycles. The standard InChI is InChI=1S/C18H23N3O2/c1-12(2)17(22)19-11-16-14-9-5-6-10-15(14)18(23)21(20-16)13-7-3-4-8-13/h5-6,9-10,12-13H,3-4,7-8,11H2,1-2H3,(H,19,22). The van der Waals surface area contributed by atoms with Gasteiger partial charge in [-0.2, -0.15) is 5.10 Å². The number of fused-ring (bicyclic) bond motifs is 1. The predicted molar refractivity (Wildman–Crippen MR) is 90.2 cm³/mol. The monoisotopic (exact) mass is 313 g/mol. The third-order valence-electron chi connectivity index (χ3n) is 4.53. The molecule has 23 heavy (non-hydrogen) atoms. The molecule has 3 rings (SSSR count). The number of carbonyl (C=O) groups is 1. The molecule has 2 aromatic rings. The number of aromatic nitrogens is 2. The van der Waals surface area contributed by atoms with Crippen molar-refractivity contribution in [2.24, 2.45) is 5.92 Å². The summed E-state index contributed by atoms with van der Waals surface area (Å²) in [4.78, 5) is 24.6. The van der Waals surface area contributed by atoms with Gasteiger partial charge in [-0.3, -0.25) is 9.59 Å². The van der Waals surface area contributed by atoms with Gasteiger partial charge < -0.3 is 5.32 Å². The molecule has 1 N–H and O–H groups in total. The number of benzene rings is 1. The van der Waals surface area contributed by atoms with Crippen molar-refractivity contribution < 1.29 is 4.79 Å². The Balaban J connectivity index is 2.03. The van der Waals surface area contributed by atoms with Crippen LogP contribution in [-0.2, 0) is 11.3 Å². The molecule has 1 aromatic heterocycles. The normalized spacial score (nSPS) is 15.4. The Hall–Kier alpha value is -2.17. The first-order chi connectivity index (χ1) is 11.1. The lowest BCUT2D eigenvalue weighted by molar-refractivity contribution is -0.124. The number of amides is 1. The van der Waals surface area contributed by atoms with E-state index in [1.165, 1.54) is 0 Å². The summed E-state index contributed by atoms with van der Waals surface area (Å²) >= 11 is 0. The lowest BCUT2D eigenvalue weighted by Gasteiger charge is -2.16. The fourth-order valence-corrected chi connectivity index (χ4v) is 3.18. The molecule has 1 aliphatic rings. The fourth-order valence-electron chi connectivity index (χ4n) is 3.18. The zero-order chi connectivity index (χ0) is 16.4. The van der Waals surface area contributed by atoms with Crippen LogP contribution >= 0.6 is 0 Å². The van der Waals surface area contributed by atoms with Crippen LogP contribution in [0.5, 0.6) is 0 Å². The predicted octanol–water partition coefficient (Wildman–Crippen LogP) is 2.78. The highest BCUT2D eigenvalue weighted by Crippen LogP contribution is 2.28. The smallest absolute Gasteiger partial charge is 0.274 e. The molecule has 1 heterocycles. The fraction of sp³-hybridized carbons (Fsp3) is 0.500. The van der Waals surface area contributed by atoms with E-state index in [9.17, 15) is 9.59 Å². The van der Waals surface area contributed by atoms with Crippen LogP contribution in [0, 0.1) is 5.92 Å². The van der Waals surface area contributed by atoms with E-state index in [0.717, 1.165) is 36.8 Å². The summed E-state index contributed by atoms with van der Waals surface area (Å²) in [6.07, 6.45) is 4.29. The number of nitrogens with one attached hydrogen (secondary N) is 1. The first kappa shape index (κ1) is 15.7. The molecular formula is C18H23N3O2. The maximum atomic E-state index is 12.7. The molecule has 1 aliphatic carbocycles. The summed E-state index contributed by atoms with van der Waals surface area (Å²) in [6, 6.07) is 7.71. The van der Waals surface area contributed by atoms with Gasteiger partial charge in [0.25, 0.3) is 5.56 Å². The third-order valence-corrected chi connectivity index (χ3v) is 4.53. The van der Waals surface area contributed by atoms with Crippen LogP contribution in [0.2, 0.25) is 0 Å². The summed E-state index contributed by atoms with van der Waals surface area (Å²) in [5.74, 6) is -0.0727. The van der Waals surface area contributed by atoms with E-state index < -0.39 is 0 Å². The molecule has 1 aromatic carbocycles. The average Bonchev–Trinajstić information content (AvgIpc) is 3.08. The Bertz CT molecular complexity index is 773. The van der Waals surface area contributed by atoms with Crippen molar-refractivity contribution in [3.05, 3.63) is 40.3 Å². The zero-order valence-electron chi connectivity index (χ0n) is 13.7. The Morgan fingerprint density at radius 3 is 2.57 bits per heavy atom. The number of carbonyl (C=O) groups excluding carboxylic acids is 1. The second kappa shape index (κ2) is 6.52. The highest BCUT2D eigenvalue weighted by Gasteiger charge is 2.21. The molecule has 0 saturated heterocycles. The summed E-state index contributed by atoms with van der Waals surface area (Å²) in [5.41, 5.74) is 0.743. The van der Waals surface area contributed by atoms with E-state index in [2.05, 4.69) is 10.4 Å². The molecular weight excluding hydrogens is 290 g/mol. The van der Waals surface area contributed by atoms with Crippen LogP contribution in [0.4, 0.5) is 0 Å². The van der Waals surface area contributed by atoms with E-state index in [4.69, 9.17) is 0 Å². The second-order valence-electron chi connectivity index (χ2n) is 6.55. The quantitative estimate of drug-likeness (QED) is 0.944. The van der Waals surface area contributed by atoms with Crippen LogP contribution in [0.15, 0.2) is 29.1 Å². The molecule has 0 atom stereocenters. The Morgan fingerprint density at radius 2 is 1.91 bits per heavy atom. The molecule has 1 amide bonds. The first-order valence-corrected chi connectivity index (χ1v) is 8.36. The highest BCUT2D eigenvalue weighted by atomic mass is 16.2. The molecule has 5 heteroatoms. The number of nitrogens with zero attached hydrogens (tertiary/aromatic N) is 2. The number of rotatable bonds is 4. The minimum absolute atomic E-state index is 0.00509. The molecule has 0 spiro atoms. The highest BCUT2D eigenvalue weighted by molar-refractivity contribution is 5.84. The Labute approximate surface area is 135 Å². The van der Waals surface area contributed by atoms with Crippen molar-refractivity contribution in [2.75, 3.05) is 0 Å². The zero-order valence-corrected chi connectivity index (χ0v) is 13.7. The molecule has 5 nitrogen and oxygen atoms in total. The molecule has 0 aliphatic heterocycles. The van der Waals surface area contributed by atoms with E-state index in [0.29, 0.717) is 11.9 Å². The summed E-state index contributed by atoms with van der Waals surface area (Å²) in [7, 11) is 0. The molecule has 0 radical (unpaired) electrons. The van der Waals surface area contributed by atoms with E-state index in [-0.39, 0.29) is 23.4 Å². The largest absolute Gasteiger partial charge is 0.350 e. The number of hydrogen-bond acceptors (Lipinski definition) is 3. The van der Waals surface area contributed by atoms with Crippen molar-refractivity contribution in [2.45, 2.75) is 52.1 Å². The van der Waals surface area contributed by atoms with Crippen molar-refractivity contribution in [3.63, 3.8) is 0 Å². The van der Waals surface area contributed by atoms with Crippen molar-refractivity contribution in [3.8, 4) is 0 Å². The first-order valence-electron chi connectivity index (χ1n) is 8.36. The average molecular weight is 313 g/mol. The van der Waals surface area contributed by atoms with E-state index >= 15 is 0 Å². The molecule has 0 bridgehead atoms. The van der Waals surface area contributed by atoms with Gasteiger partial charge >= 0.3 is 0 Å². The van der Waals surface area contributed by atoms with Gasteiger partial charge in [-0.25, -0.2) is 4.68 Å². The third kappa shape index (κ3) is 3.14. The van der Waals surface area contributed by atoms with E-state index in [1.807, 2.05) is 38.1 Å². The minimum Gasteiger partial charge on any atom is -0.350 e. The van der Waals surface area contributed by atoms with Crippen LogP contribution in [-0.4, -0.2) is 15.7 Å².